The molecule has 1 aromatic rings. The lowest BCUT2D eigenvalue weighted by atomic mass is 10.1. The Balaban J connectivity index is 1.95. The highest BCUT2D eigenvalue weighted by molar-refractivity contribution is 7.88. The summed E-state index contributed by atoms with van der Waals surface area (Å²) in [5, 5.41) is 2.95. The average molecular weight is 353 g/mol. The molecule has 6 nitrogen and oxygen atoms in total. The lowest BCUT2D eigenvalue weighted by molar-refractivity contribution is -0.117. The van der Waals surface area contributed by atoms with Crippen LogP contribution in [0.4, 0.5) is 5.69 Å². The fraction of sp³-hybridized carbons (Fsp3) is 0.588. The highest BCUT2D eigenvalue weighted by atomic mass is 32.2. The highest BCUT2D eigenvalue weighted by Gasteiger charge is 2.28. The minimum Gasteiger partial charge on any atom is -0.325 e. The van der Waals surface area contributed by atoms with Crippen molar-refractivity contribution in [1.29, 1.82) is 0 Å². The van der Waals surface area contributed by atoms with Crippen LogP contribution in [0.2, 0.25) is 0 Å². The van der Waals surface area contributed by atoms with Gasteiger partial charge in [-0.1, -0.05) is 12.1 Å². The van der Waals surface area contributed by atoms with Crippen molar-refractivity contribution < 1.29 is 13.2 Å². The zero-order valence-corrected chi connectivity index (χ0v) is 15.7. The number of nitrogens with one attached hydrogen (secondary N) is 1. The van der Waals surface area contributed by atoms with Gasteiger partial charge in [0.15, 0.2) is 0 Å². The van der Waals surface area contributed by atoms with Crippen molar-refractivity contribution in [2.24, 2.45) is 0 Å². The number of benzene rings is 1. The van der Waals surface area contributed by atoms with E-state index in [-0.39, 0.29) is 18.5 Å². The lowest BCUT2D eigenvalue weighted by Gasteiger charge is -2.36. The number of anilines is 1. The number of aryl methyl sites for hydroxylation is 1. The van der Waals surface area contributed by atoms with Crippen molar-refractivity contribution >= 4 is 21.6 Å². The minimum atomic E-state index is -3.17. The SMILES string of the molecule is Cc1cccc(NC(=O)CN(C)[C@H]2CCCN(S(C)(=O)=O)C2)c1C. The maximum absolute atomic E-state index is 12.3. The van der Waals surface area contributed by atoms with E-state index in [9.17, 15) is 13.2 Å². The van der Waals surface area contributed by atoms with Gasteiger partial charge in [0.1, 0.15) is 0 Å². The van der Waals surface area contributed by atoms with Gasteiger partial charge in [0.25, 0.3) is 0 Å². The number of hydrogen-bond donors (Lipinski definition) is 1. The summed E-state index contributed by atoms with van der Waals surface area (Å²) < 4.78 is 24.9. The van der Waals surface area contributed by atoms with E-state index in [1.54, 1.807) is 0 Å². The molecule has 1 amide bonds. The first-order valence-electron chi connectivity index (χ1n) is 8.20. The second-order valence-electron chi connectivity index (χ2n) is 6.63. The van der Waals surface area contributed by atoms with Gasteiger partial charge in [0.2, 0.25) is 15.9 Å². The van der Waals surface area contributed by atoms with E-state index < -0.39 is 10.0 Å². The van der Waals surface area contributed by atoms with Crippen molar-refractivity contribution in [1.82, 2.24) is 9.21 Å². The van der Waals surface area contributed by atoms with E-state index >= 15 is 0 Å². The number of likely N-dealkylation sites (N-methyl/N-ethyl adjacent to an activating group) is 1. The molecular weight excluding hydrogens is 326 g/mol. The standard InChI is InChI=1S/C17H27N3O3S/c1-13-7-5-9-16(14(13)2)18-17(21)12-19(3)15-8-6-10-20(11-15)24(4,22)23/h5,7,9,15H,6,8,10-12H2,1-4H3,(H,18,21)/t15-/m0/s1. The molecule has 2 rings (SSSR count). The Bertz CT molecular complexity index is 703. The molecule has 0 spiro atoms. The topological polar surface area (TPSA) is 69.7 Å². The largest absolute Gasteiger partial charge is 0.325 e. The van der Waals surface area contributed by atoms with Gasteiger partial charge in [-0.2, -0.15) is 0 Å². The maximum atomic E-state index is 12.3. The molecule has 0 unspecified atom stereocenters. The van der Waals surface area contributed by atoms with E-state index in [1.807, 2.05) is 44.0 Å². The summed E-state index contributed by atoms with van der Waals surface area (Å²) in [7, 11) is -1.30. The Kier molecular flexibility index (Phi) is 6.01. The van der Waals surface area contributed by atoms with Crippen LogP contribution < -0.4 is 5.32 Å². The first kappa shape index (κ1) is 18.9. The van der Waals surface area contributed by atoms with Gasteiger partial charge in [-0.25, -0.2) is 12.7 Å². The van der Waals surface area contributed by atoms with Crippen LogP contribution in [0, 0.1) is 13.8 Å². The third kappa shape index (κ3) is 4.78. The molecule has 1 fully saturated rings. The van der Waals surface area contributed by atoms with Crippen LogP contribution >= 0.6 is 0 Å². The van der Waals surface area contributed by atoms with E-state index in [0.29, 0.717) is 13.1 Å². The van der Waals surface area contributed by atoms with Crippen molar-refractivity contribution in [2.75, 3.05) is 38.3 Å². The van der Waals surface area contributed by atoms with E-state index in [1.165, 1.54) is 10.6 Å². The number of amides is 1. The Morgan fingerprint density at radius 1 is 1.38 bits per heavy atom. The third-order valence-electron chi connectivity index (χ3n) is 4.72. The molecular formula is C17H27N3O3S. The summed E-state index contributed by atoms with van der Waals surface area (Å²) >= 11 is 0. The molecule has 7 heteroatoms. The van der Waals surface area contributed by atoms with E-state index in [4.69, 9.17) is 0 Å². The van der Waals surface area contributed by atoms with Crippen LogP contribution in [-0.4, -0.2) is 62.5 Å². The Labute approximate surface area is 144 Å². The van der Waals surface area contributed by atoms with E-state index in [0.717, 1.165) is 29.7 Å². The van der Waals surface area contributed by atoms with Gasteiger partial charge in [-0.3, -0.25) is 9.69 Å². The summed E-state index contributed by atoms with van der Waals surface area (Å²) in [5.41, 5.74) is 3.03. The van der Waals surface area contributed by atoms with Crippen molar-refractivity contribution in [3.63, 3.8) is 0 Å². The molecule has 0 bridgehead atoms. The van der Waals surface area contributed by atoms with Crippen LogP contribution in [0.5, 0.6) is 0 Å². The second-order valence-corrected chi connectivity index (χ2v) is 8.61. The molecule has 0 aliphatic carbocycles. The lowest BCUT2D eigenvalue weighted by Crippen LogP contribution is -2.49. The van der Waals surface area contributed by atoms with Crippen molar-refractivity contribution in [3.05, 3.63) is 29.3 Å². The maximum Gasteiger partial charge on any atom is 0.238 e. The monoisotopic (exact) mass is 353 g/mol. The van der Waals surface area contributed by atoms with Gasteiger partial charge in [-0.05, 0) is 50.9 Å². The number of nitrogens with zero attached hydrogens (tertiary/aromatic N) is 2. The minimum absolute atomic E-state index is 0.0674. The Hall–Kier alpha value is -1.44. The first-order valence-corrected chi connectivity index (χ1v) is 10.0. The summed E-state index contributed by atoms with van der Waals surface area (Å²) in [6.45, 7) is 5.26. The van der Waals surface area contributed by atoms with Crippen LogP contribution in [0.25, 0.3) is 0 Å². The summed E-state index contributed by atoms with van der Waals surface area (Å²) in [6, 6.07) is 5.90. The van der Waals surface area contributed by atoms with Crippen LogP contribution in [-0.2, 0) is 14.8 Å². The molecule has 0 aromatic heterocycles. The molecule has 1 aliphatic rings. The highest BCUT2D eigenvalue weighted by Crippen LogP contribution is 2.19. The average Bonchev–Trinajstić information content (AvgIpc) is 2.51. The fourth-order valence-corrected chi connectivity index (χ4v) is 3.92. The third-order valence-corrected chi connectivity index (χ3v) is 5.99. The summed E-state index contributed by atoms with van der Waals surface area (Å²) in [6.07, 6.45) is 2.96. The molecule has 134 valence electrons. The van der Waals surface area contributed by atoms with Crippen LogP contribution in [0.1, 0.15) is 24.0 Å². The zero-order chi connectivity index (χ0) is 17.9. The zero-order valence-electron chi connectivity index (χ0n) is 14.9. The normalized spacial score (nSPS) is 19.5. The molecule has 24 heavy (non-hydrogen) atoms. The molecule has 1 aliphatic heterocycles. The number of piperidine rings is 1. The number of carbonyl (C=O) groups excluding carboxylic acids is 1. The van der Waals surface area contributed by atoms with Gasteiger partial charge in [0, 0.05) is 24.8 Å². The first-order chi connectivity index (χ1) is 11.2. The van der Waals surface area contributed by atoms with Gasteiger partial charge >= 0.3 is 0 Å². The van der Waals surface area contributed by atoms with Crippen LogP contribution in [0.15, 0.2) is 18.2 Å². The number of hydrogen-bond acceptors (Lipinski definition) is 4. The smallest absolute Gasteiger partial charge is 0.238 e. The number of carbonyl (C=O) groups is 1. The number of sulfonamides is 1. The Morgan fingerprint density at radius 3 is 2.75 bits per heavy atom. The molecule has 0 saturated carbocycles. The van der Waals surface area contributed by atoms with Gasteiger partial charge < -0.3 is 5.32 Å². The summed E-state index contributed by atoms with van der Waals surface area (Å²) in [4.78, 5) is 14.3. The molecule has 1 N–H and O–H groups in total. The predicted molar refractivity (Wildman–Crippen MR) is 96.6 cm³/mol. The Morgan fingerprint density at radius 2 is 2.08 bits per heavy atom. The van der Waals surface area contributed by atoms with Gasteiger partial charge in [-0.15, -0.1) is 0 Å². The van der Waals surface area contributed by atoms with Crippen molar-refractivity contribution in [3.8, 4) is 0 Å². The second kappa shape index (κ2) is 7.63. The molecule has 1 saturated heterocycles. The number of rotatable bonds is 5. The summed E-state index contributed by atoms with van der Waals surface area (Å²) in [5.74, 6) is -0.0809. The van der Waals surface area contributed by atoms with Gasteiger partial charge in [0.05, 0.1) is 12.8 Å². The molecule has 1 atom stereocenters. The molecule has 0 radical (unpaired) electrons. The van der Waals surface area contributed by atoms with Crippen molar-refractivity contribution in [2.45, 2.75) is 32.7 Å². The molecule has 1 heterocycles. The quantitative estimate of drug-likeness (QED) is 0.873. The predicted octanol–water partition coefficient (Wildman–Crippen LogP) is 1.60. The van der Waals surface area contributed by atoms with E-state index in [2.05, 4.69) is 5.32 Å². The van der Waals surface area contributed by atoms with Crippen LogP contribution in [0.3, 0.4) is 0 Å². The fourth-order valence-electron chi connectivity index (χ4n) is 3.01. The molecule has 1 aromatic carbocycles.